The van der Waals surface area contributed by atoms with Gasteiger partial charge in [-0.2, -0.15) is 0 Å². The predicted octanol–water partition coefficient (Wildman–Crippen LogP) is 1.16. The summed E-state index contributed by atoms with van der Waals surface area (Å²) in [6, 6.07) is 9.42. The Hall–Kier alpha value is -2.21. The number of rotatable bonds is 6. The molecule has 0 aliphatic carbocycles. The summed E-state index contributed by atoms with van der Waals surface area (Å²) < 4.78 is 1.56. The summed E-state index contributed by atoms with van der Waals surface area (Å²) in [5.41, 5.74) is 1.12. The Morgan fingerprint density at radius 1 is 1.40 bits per heavy atom. The second kappa shape index (κ2) is 6.81. The number of carbonyl (C=O) groups excluding carboxylic acids is 1. The fraction of sp³-hybridized carbons (Fsp3) is 0.357. The maximum absolute atomic E-state index is 12.0. The second-order valence-electron chi connectivity index (χ2n) is 4.47. The van der Waals surface area contributed by atoms with Crippen LogP contribution in [-0.2, 0) is 0 Å². The van der Waals surface area contributed by atoms with Crippen LogP contribution in [0.5, 0.6) is 0 Å². The van der Waals surface area contributed by atoms with Gasteiger partial charge in [0, 0.05) is 12.6 Å². The number of para-hydroxylation sites is 1. The lowest BCUT2D eigenvalue weighted by Crippen LogP contribution is -2.35. The maximum Gasteiger partial charge on any atom is 0.273 e. The standard InChI is InChI=1S/C14H18N4O2/c1-2-11(8-9-19)15-14(20)13-10-18(17-16-13)12-6-4-3-5-7-12/h3-7,10-11,19H,2,8-9H2,1H3,(H,15,20). The van der Waals surface area contributed by atoms with Crippen molar-refractivity contribution in [3.8, 4) is 5.69 Å². The summed E-state index contributed by atoms with van der Waals surface area (Å²) in [6.07, 6.45) is 2.89. The summed E-state index contributed by atoms with van der Waals surface area (Å²) >= 11 is 0. The lowest BCUT2D eigenvalue weighted by molar-refractivity contribution is 0.0924. The molecule has 2 N–H and O–H groups in total. The minimum Gasteiger partial charge on any atom is -0.396 e. The molecule has 1 heterocycles. The van der Waals surface area contributed by atoms with E-state index < -0.39 is 0 Å². The molecule has 1 atom stereocenters. The first-order chi connectivity index (χ1) is 9.74. The Kier molecular flexibility index (Phi) is 4.84. The van der Waals surface area contributed by atoms with Crippen molar-refractivity contribution in [2.45, 2.75) is 25.8 Å². The van der Waals surface area contributed by atoms with E-state index in [4.69, 9.17) is 5.11 Å². The molecular formula is C14H18N4O2. The van der Waals surface area contributed by atoms with E-state index in [2.05, 4.69) is 15.6 Å². The summed E-state index contributed by atoms with van der Waals surface area (Å²) in [4.78, 5) is 12.0. The van der Waals surface area contributed by atoms with E-state index >= 15 is 0 Å². The Morgan fingerprint density at radius 3 is 2.80 bits per heavy atom. The highest BCUT2D eigenvalue weighted by atomic mass is 16.3. The highest BCUT2D eigenvalue weighted by molar-refractivity contribution is 5.92. The van der Waals surface area contributed by atoms with Crippen LogP contribution in [-0.4, -0.2) is 38.7 Å². The largest absolute Gasteiger partial charge is 0.396 e. The third-order valence-electron chi connectivity index (χ3n) is 3.05. The Morgan fingerprint density at radius 2 is 2.15 bits per heavy atom. The number of amides is 1. The highest BCUT2D eigenvalue weighted by Crippen LogP contribution is 2.06. The normalized spacial score (nSPS) is 12.1. The fourth-order valence-corrected chi connectivity index (χ4v) is 1.87. The van der Waals surface area contributed by atoms with Crippen molar-refractivity contribution >= 4 is 5.91 Å². The molecule has 0 saturated carbocycles. The number of aliphatic hydroxyl groups excluding tert-OH is 1. The van der Waals surface area contributed by atoms with Crippen LogP contribution < -0.4 is 5.32 Å². The van der Waals surface area contributed by atoms with Crippen LogP contribution in [0.4, 0.5) is 0 Å². The minimum atomic E-state index is -0.271. The number of aromatic nitrogens is 3. The molecule has 20 heavy (non-hydrogen) atoms. The van der Waals surface area contributed by atoms with Crippen LogP contribution in [0.1, 0.15) is 30.3 Å². The number of hydrogen-bond acceptors (Lipinski definition) is 4. The molecule has 6 heteroatoms. The van der Waals surface area contributed by atoms with Gasteiger partial charge < -0.3 is 10.4 Å². The lowest BCUT2D eigenvalue weighted by atomic mass is 10.1. The summed E-state index contributed by atoms with van der Waals surface area (Å²) in [6.45, 7) is 2.01. The third kappa shape index (κ3) is 3.42. The van der Waals surface area contributed by atoms with E-state index in [9.17, 15) is 4.79 Å². The van der Waals surface area contributed by atoms with Crippen LogP contribution in [0.15, 0.2) is 36.5 Å². The zero-order valence-electron chi connectivity index (χ0n) is 11.4. The van der Waals surface area contributed by atoms with Gasteiger partial charge in [-0.05, 0) is 25.0 Å². The van der Waals surface area contributed by atoms with Crippen LogP contribution in [0, 0.1) is 0 Å². The van der Waals surface area contributed by atoms with Gasteiger partial charge in [0.1, 0.15) is 0 Å². The molecule has 0 saturated heterocycles. The van der Waals surface area contributed by atoms with Crippen molar-refractivity contribution in [2.24, 2.45) is 0 Å². The number of nitrogens with zero attached hydrogens (tertiary/aromatic N) is 3. The van der Waals surface area contributed by atoms with Gasteiger partial charge in [-0.1, -0.05) is 30.3 Å². The molecule has 0 radical (unpaired) electrons. The first-order valence-electron chi connectivity index (χ1n) is 6.64. The van der Waals surface area contributed by atoms with E-state index in [0.29, 0.717) is 6.42 Å². The van der Waals surface area contributed by atoms with E-state index in [-0.39, 0.29) is 24.2 Å². The Labute approximate surface area is 117 Å². The lowest BCUT2D eigenvalue weighted by Gasteiger charge is -2.14. The molecule has 1 unspecified atom stereocenters. The van der Waals surface area contributed by atoms with Crippen molar-refractivity contribution in [1.82, 2.24) is 20.3 Å². The number of carbonyl (C=O) groups is 1. The van der Waals surface area contributed by atoms with E-state index in [1.165, 1.54) is 0 Å². The van der Waals surface area contributed by atoms with Gasteiger partial charge in [-0.15, -0.1) is 5.10 Å². The highest BCUT2D eigenvalue weighted by Gasteiger charge is 2.15. The van der Waals surface area contributed by atoms with E-state index in [1.54, 1.807) is 10.9 Å². The molecule has 6 nitrogen and oxygen atoms in total. The van der Waals surface area contributed by atoms with Crippen LogP contribution in [0.3, 0.4) is 0 Å². The number of benzene rings is 1. The smallest absolute Gasteiger partial charge is 0.273 e. The SMILES string of the molecule is CCC(CCO)NC(=O)c1cn(-c2ccccc2)nn1. The van der Waals surface area contributed by atoms with Gasteiger partial charge in [0.15, 0.2) is 5.69 Å². The van der Waals surface area contributed by atoms with E-state index in [0.717, 1.165) is 12.1 Å². The molecule has 1 amide bonds. The molecular weight excluding hydrogens is 256 g/mol. The molecule has 1 aromatic carbocycles. The summed E-state index contributed by atoms with van der Waals surface area (Å²) in [7, 11) is 0. The molecule has 0 bridgehead atoms. The number of nitrogens with one attached hydrogen (secondary N) is 1. The molecule has 106 valence electrons. The topological polar surface area (TPSA) is 80.0 Å². The molecule has 0 aliphatic heterocycles. The first-order valence-corrected chi connectivity index (χ1v) is 6.64. The van der Waals surface area contributed by atoms with Crippen molar-refractivity contribution in [3.05, 3.63) is 42.2 Å². The molecule has 2 rings (SSSR count). The van der Waals surface area contributed by atoms with Gasteiger partial charge in [-0.25, -0.2) is 4.68 Å². The van der Waals surface area contributed by atoms with Crippen LogP contribution >= 0.6 is 0 Å². The second-order valence-corrected chi connectivity index (χ2v) is 4.47. The quantitative estimate of drug-likeness (QED) is 0.828. The van der Waals surface area contributed by atoms with Gasteiger partial charge in [0.25, 0.3) is 5.91 Å². The van der Waals surface area contributed by atoms with Gasteiger partial charge >= 0.3 is 0 Å². The number of aliphatic hydroxyl groups is 1. The zero-order chi connectivity index (χ0) is 14.4. The predicted molar refractivity (Wildman–Crippen MR) is 74.6 cm³/mol. The summed E-state index contributed by atoms with van der Waals surface area (Å²) in [5, 5.41) is 19.6. The fourth-order valence-electron chi connectivity index (χ4n) is 1.87. The van der Waals surface area contributed by atoms with Crippen molar-refractivity contribution in [1.29, 1.82) is 0 Å². The Bertz CT molecular complexity index is 553. The van der Waals surface area contributed by atoms with Crippen molar-refractivity contribution in [3.63, 3.8) is 0 Å². The number of hydrogen-bond donors (Lipinski definition) is 2. The molecule has 0 spiro atoms. The van der Waals surface area contributed by atoms with E-state index in [1.807, 2.05) is 37.3 Å². The van der Waals surface area contributed by atoms with Crippen molar-refractivity contribution < 1.29 is 9.90 Å². The summed E-state index contributed by atoms with van der Waals surface area (Å²) in [5.74, 6) is -0.271. The monoisotopic (exact) mass is 274 g/mol. The molecule has 0 fully saturated rings. The van der Waals surface area contributed by atoms with Crippen LogP contribution in [0.25, 0.3) is 5.69 Å². The van der Waals surface area contributed by atoms with Gasteiger partial charge in [-0.3, -0.25) is 4.79 Å². The maximum atomic E-state index is 12.0. The average molecular weight is 274 g/mol. The zero-order valence-corrected chi connectivity index (χ0v) is 11.4. The van der Waals surface area contributed by atoms with Crippen LogP contribution in [0.2, 0.25) is 0 Å². The third-order valence-corrected chi connectivity index (χ3v) is 3.05. The minimum absolute atomic E-state index is 0.0469. The Balaban J connectivity index is 2.07. The average Bonchev–Trinajstić information content (AvgIpc) is 2.97. The van der Waals surface area contributed by atoms with Crippen molar-refractivity contribution in [2.75, 3.05) is 6.61 Å². The molecule has 1 aromatic heterocycles. The molecule has 0 aliphatic rings. The van der Waals surface area contributed by atoms with Gasteiger partial charge in [0.05, 0.1) is 11.9 Å². The first kappa shape index (κ1) is 14.2. The molecule has 2 aromatic rings. The van der Waals surface area contributed by atoms with Gasteiger partial charge in [0.2, 0.25) is 0 Å².